The van der Waals surface area contributed by atoms with Crippen LogP contribution >= 0.6 is 0 Å². The Hall–Kier alpha value is -3.35. The third-order valence-corrected chi connectivity index (χ3v) is 5.31. The molecule has 0 aliphatic carbocycles. The number of amides is 1. The van der Waals surface area contributed by atoms with Crippen molar-refractivity contribution >= 4 is 34.6 Å². The number of pyridine rings is 1. The number of nitrogens with one attached hydrogen (secondary N) is 2. The van der Waals surface area contributed by atoms with Crippen molar-refractivity contribution in [3.63, 3.8) is 0 Å². The molecular formula is C23H28N6O. The summed E-state index contributed by atoms with van der Waals surface area (Å²) in [5, 5.41) is 11.4. The van der Waals surface area contributed by atoms with Gasteiger partial charge >= 0.3 is 0 Å². The van der Waals surface area contributed by atoms with E-state index in [0.29, 0.717) is 0 Å². The summed E-state index contributed by atoms with van der Waals surface area (Å²) < 4.78 is 1.86. The fourth-order valence-electron chi connectivity index (χ4n) is 3.63. The second kappa shape index (κ2) is 7.48. The Balaban J connectivity index is 1.51. The van der Waals surface area contributed by atoms with Gasteiger partial charge in [-0.15, -0.1) is 0 Å². The molecule has 1 aliphatic rings. The number of aryl methyl sites for hydroxylation is 1. The summed E-state index contributed by atoms with van der Waals surface area (Å²) in [5.41, 5.74) is 5.10. The van der Waals surface area contributed by atoms with E-state index in [1.807, 2.05) is 40.9 Å². The van der Waals surface area contributed by atoms with Crippen LogP contribution in [0.3, 0.4) is 0 Å². The fraction of sp³-hybridized carbons (Fsp3) is 0.348. The number of carbonyl (C=O) groups excluding carboxylic acids is 1. The number of carbonyl (C=O) groups is 1. The molecule has 4 rings (SSSR count). The van der Waals surface area contributed by atoms with Crippen molar-refractivity contribution < 1.29 is 4.79 Å². The Bertz CT molecular complexity index is 1100. The maximum Gasteiger partial charge on any atom is 0.223 e. The Morgan fingerprint density at radius 1 is 1.07 bits per heavy atom. The number of nitrogens with zero attached hydrogens (tertiary/aromatic N) is 4. The molecule has 0 fully saturated rings. The first-order chi connectivity index (χ1) is 14.2. The van der Waals surface area contributed by atoms with Crippen molar-refractivity contribution in [2.24, 2.45) is 7.05 Å². The molecule has 2 N–H and O–H groups in total. The lowest BCUT2D eigenvalue weighted by Gasteiger charge is -2.15. The minimum absolute atomic E-state index is 0.00577. The van der Waals surface area contributed by atoms with Gasteiger partial charge in [0.25, 0.3) is 0 Å². The molecule has 1 aromatic carbocycles. The molecule has 7 nitrogen and oxygen atoms in total. The topological polar surface area (TPSA) is 75.1 Å². The molecule has 30 heavy (non-hydrogen) atoms. The predicted octanol–water partition coefficient (Wildman–Crippen LogP) is 4.51. The molecule has 0 saturated heterocycles. The molecule has 3 heterocycles. The molecule has 0 unspecified atom stereocenters. The van der Waals surface area contributed by atoms with E-state index in [4.69, 9.17) is 0 Å². The van der Waals surface area contributed by atoms with Crippen molar-refractivity contribution in [2.75, 3.05) is 22.1 Å². The normalized spacial score (nSPS) is 13.3. The van der Waals surface area contributed by atoms with Gasteiger partial charge in [0.1, 0.15) is 11.6 Å². The van der Waals surface area contributed by atoms with Crippen molar-refractivity contribution in [1.82, 2.24) is 14.8 Å². The van der Waals surface area contributed by atoms with E-state index in [-0.39, 0.29) is 11.3 Å². The van der Waals surface area contributed by atoms with E-state index in [0.717, 1.165) is 47.4 Å². The first-order valence-corrected chi connectivity index (χ1v) is 10.2. The monoisotopic (exact) mass is 404 g/mol. The van der Waals surface area contributed by atoms with Gasteiger partial charge in [0.05, 0.1) is 5.69 Å². The first kappa shape index (κ1) is 19.9. The van der Waals surface area contributed by atoms with E-state index < -0.39 is 0 Å². The number of benzene rings is 1. The van der Waals surface area contributed by atoms with Crippen LogP contribution in [-0.4, -0.2) is 27.2 Å². The molecular weight excluding hydrogens is 376 g/mol. The maximum absolute atomic E-state index is 11.7. The van der Waals surface area contributed by atoms with Gasteiger partial charge in [0, 0.05) is 61.3 Å². The molecule has 0 saturated carbocycles. The minimum atomic E-state index is -0.00577. The lowest BCUT2D eigenvalue weighted by atomic mass is 9.92. The van der Waals surface area contributed by atoms with E-state index >= 15 is 0 Å². The zero-order valence-electron chi connectivity index (χ0n) is 18.2. The molecule has 2 aromatic heterocycles. The highest BCUT2D eigenvalue weighted by atomic mass is 16.2. The summed E-state index contributed by atoms with van der Waals surface area (Å²) >= 11 is 0. The first-order valence-electron chi connectivity index (χ1n) is 10.2. The zero-order valence-corrected chi connectivity index (χ0v) is 18.2. The number of hydrogen-bond donors (Lipinski definition) is 2. The summed E-state index contributed by atoms with van der Waals surface area (Å²) in [6.07, 6.45) is 2.65. The summed E-state index contributed by atoms with van der Waals surface area (Å²) in [6.45, 7) is 8.81. The molecule has 0 bridgehead atoms. The van der Waals surface area contributed by atoms with Crippen molar-refractivity contribution in [1.29, 1.82) is 0 Å². The lowest BCUT2D eigenvalue weighted by Crippen LogP contribution is -2.25. The van der Waals surface area contributed by atoms with Crippen molar-refractivity contribution in [3.05, 3.63) is 53.9 Å². The van der Waals surface area contributed by atoms with Gasteiger partial charge in [0.2, 0.25) is 5.91 Å². The summed E-state index contributed by atoms with van der Waals surface area (Å²) in [5.74, 6) is 1.76. The van der Waals surface area contributed by atoms with Crippen LogP contribution in [-0.2, 0) is 23.7 Å². The smallest absolute Gasteiger partial charge is 0.223 e. The van der Waals surface area contributed by atoms with Gasteiger partial charge < -0.3 is 15.5 Å². The number of anilines is 5. The average Bonchev–Trinajstić information content (AvgIpc) is 3.25. The second-order valence-corrected chi connectivity index (χ2v) is 8.73. The molecule has 0 atom stereocenters. The Morgan fingerprint density at radius 3 is 2.53 bits per heavy atom. The number of hydrogen-bond acceptors (Lipinski definition) is 5. The Morgan fingerprint density at radius 2 is 1.83 bits per heavy atom. The number of aromatic nitrogens is 3. The molecule has 0 radical (unpaired) electrons. The van der Waals surface area contributed by atoms with Gasteiger partial charge in [-0.3, -0.25) is 9.48 Å². The van der Waals surface area contributed by atoms with E-state index in [2.05, 4.69) is 53.6 Å². The standard InChI is InChI=1S/C23H28N6O/c1-15(30)29-11-9-16-12-17(6-7-19(16)29)25-21-13-18(8-10-24-21)26-22-14-20(23(2,3)4)27-28(22)5/h6-8,10,12-14H,9,11H2,1-5H3,(H2,24,25,26). The van der Waals surface area contributed by atoms with Crippen LogP contribution in [0.25, 0.3) is 0 Å². The SMILES string of the molecule is CC(=O)N1CCc2cc(Nc3cc(Nc4cc(C(C)(C)C)nn4C)ccn3)ccc21. The average molecular weight is 405 g/mol. The van der Waals surface area contributed by atoms with Crippen LogP contribution in [0, 0.1) is 0 Å². The highest BCUT2D eigenvalue weighted by Crippen LogP contribution is 2.32. The number of rotatable bonds is 4. The second-order valence-electron chi connectivity index (χ2n) is 8.73. The summed E-state index contributed by atoms with van der Waals surface area (Å²) in [4.78, 5) is 18.0. The summed E-state index contributed by atoms with van der Waals surface area (Å²) in [7, 11) is 1.94. The molecule has 7 heteroatoms. The molecule has 1 aliphatic heterocycles. The predicted molar refractivity (Wildman–Crippen MR) is 121 cm³/mol. The van der Waals surface area contributed by atoms with Crippen LogP contribution in [0.2, 0.25) is 0 Å². The van der Waals surface area contributed by atoms with E-state index in [1.54, 1.807) is 13.1 Å². The molecule has 3 aromatic rings. The summed E-state index contributed by atoms with van der Waals surface area (Å²) in [6, 6.07) is 12.1. The highest BCUT2D eigenvalue weighted by Gasteiger charge is 2.22. The molecule has 1 amide bonds. The third-order valence-electron chi connectivity index (χ3n) is 5.31. The van der Waals surface area contributed by atoms with Crippen LogP contribution in [0.15, 0.2) is 42.6 Å². The van der Waals surface area contributed by atoms with Gasteiger partial charge in [-0.05, 0) is 36.2 Å². The van der Waals surface area contributed by atoms with Crippen LogP contribution in [0.1, 0.15) is 39.0 Å². The Kier molecular flexibility index (Phi) is 4.97. The zero-order chi connectivity index (χ0) is 21.5. The minimum Gasteiger partial charge on any atom is -0.340 e. The van der Waals surface area contributed by atoms with Crippen LogP contribution in [0.4, 0.5) is 28.7 Å². The quantitative estimate of drug-likeness (QED) is 0.669. The highest BCUT2D eigenvalue weighted by molar-refractivity contribution is 5.94. The van der Waals surface area contributed by atoms with Gasteiger partial charge in [0.15, 0.2) is 0 Å². The maximum atomic E-state index is 11.7. The third kappa shape index (κ3) is 4.01. The van der Waals surface area contributed by atoms with Crippen LogP contribution in [0.5, 0.6) is 0 Å². The van der Waals surface area contributed by atoms with Gasteiger partial charge in [-0.1, -0.05) is 20.8 Å². The molecule has 156 valence electrons. The van der Waals surface area contributed by atoms with E-state index in [1.165, 1.54) is 5.56 Å². The van der Waals surface area contributed by atoms with Gasteiger partial charge in [-0.25, -0.2) is 4.98 Å². The van der Waals surface area contributed by atoms with Crippen molar-refractivity contribution in [2.45, 2.75) is 39.5 Å². The largest absolute Gasteiger partial charge is 0.340 e. The fourth-order valence-corrected chi connectivity index (χ4v) is 3.63. The van der Waals surface area contributed by atoms with Crippen LogP contribution < -0.4 is 15.5 Å². The molecule has 0 spiro atoms. The van der Waals surface area contributed by atoms with Gasteiger partial charge in [-0.2, -0.15) is 5.10 Å². The number of fused-ring (bicyclic) bond motifs is 1. The lowest BCUT2D eigenvalue weighted by molar-refractivity contribution is -0.116. The Labute approximate surface area is 177 Å². The van der Waals surface area contributed by atoms with Crippen molar-refractivity contribution in [3.8, 4) is 0 Å². The van der Waals surface area contributed by atoms with E-state index in [9.17, 15) is 4.79 Å².